The first kappa shape index (κ1) is 15.2. The molecule has 0 aliphatic carbocycles. The van der Waals surface area contributed by atoms with Crippen molar-refractivity contribution in [1.29, 1.82) is 0 Å². The van der Waals surface area contributed by atoms with Crippen LogP contribution in [-0.2, 0) is 9.47 Å². The predicted molar refractivity (Wildman–Crippen MR) is 85.8 cm³/mol. The van der Waals surface area contributed by atoms with Crippen LogP contribution in [0, 0.1) is 0 Å². The first-order chi connectivity index (χ1) is 10.2. The zero-order valence-electron chi connectivity index (χ0n) is 12.6. The number of ether oxygens (including phenoxy) is 2. The van der Waals surface area contributed by atoms with Crippen molar-refractivity contribution in [3.8, 4) is 0 Å². The Morgan fingerprint density at radius 2 is 2.29 bits per heavy atom. The van der Waals surface area contributed by atoms with Gasteiger partial charge in [0.15, 0.2) is 0 Å². The Labute approximate surface area is 134 Å². The summed E-state index contributed by atoms with van der Waals surface area (Å²) in [5.74, 6) is 0. The van der Waals surface area contributed by atoms with Crippen molar-refractivity contribution in [1.82, 2.24) is 9.88 Å². The van der Waals surface area contributed by atoms with Gasteiger partial charge in [-0.3, -0.25) is 9.88 Å². The number of fused-ring (bicyclic) bond motifs is 1. The number of nitrogens with zero attached hydrogens (tertiary/aromatic N) is 3. The van der Waals surface area contributed by atoms with Gasteiger partial charge in [-0.15, -0.1) is 0 Å². The Morgan fingerprint density at radius 3 is 3.05 bits per heavy atom. The average molecular weight is 356 g/mol. The Morgan fingerprint density at radius 1 is 1.43 bits per heavy atom. The summed E-state index contributed by atoms with van der Waals surface area (Å²) in [6, 6.07) is 2.65. The minimum atomic E-state index is -0.00276. The normalized spacial score (nSPS) is 24.7. The zero-order chi connectivity index (χ0) is 14.8. The molecule has 0 aromatic carbocycles. The van der Waals surface area contributed by atoms with Crippen molar-refractivity contribution in [2.45, 2.75) is 19.1 Å². The summed E-state index contributed by atoms with van der Waals surface area (Å²) in [7, 11) is 1.70. The lowest BCUT2D eigenvalue weighted by atomic mass is 10.1. The minimum Gasteiger partial charge on any atom is -0.378 e. The highest BCUT2D eigenvalue weighted by molar-refractivity contribution is 9.10. The molecule has 1 aromatic heterocycles. The summed E-state index contributed by atoms with van der Waals surface area (Å²) in [6.45, 7) is 7.92. The molecule has 1 unspecified atom stereocenters. The number of halogens is 1. The maximum atomic E-state index is 5.60. The quantitative estimate of drug-likeness (QED) is 0.829. The first-order valence-corrected chi connectivity index (χ1v) is 8.23. The van der Waals surface area contributed by atoms with Crippen LogP contribution in [0.4, 0.5) is 5.69 Å². The van der Waals surface area contributed by atoms with Crippen LogP contribution in [0.15, 0.2) is 16.7 Å². The molecule has 6 heteroatoms. The predicted octanol–water partition coefficient (Wildman–Crippen LogP) is 2.07. The highest BCUT2D eigenvalue weighted by Crippen LogP contribution is 2.28. The third-order valence-corrected chi connectivity index (χ3v) is 5.03. The number of aromatic nitrogens is 1. The second kappa shape index (κ2) is 6.60. The van der Waals surface area contributed by atoms with E-state index in [2.05, 4.69) is 36.8 Å². The highest BCUT2D eigenvalue weighted by atomic mass is 79.9. The Bertz CT molecular complexity index is 500. The fourth-order valence-electron chi connectivity index (χ4n) is 3.00. The summed E-state index contributed by atoms with van der Waals surface area (Å²) in [4.78, 5) is 9.50. The van der Waals surface area contributed by atoms with Gasteiger partial charge in [0.2, 0.25) is 0 Å². The van der Waals surface area contributed by atoms with Gasteiger partial charge in [0, 0.05) is 37.8 Å². The Hall–Kier alpha value is -0.690. The number of pyridine rings is 1. The fourth-order valence-corrected chi connectivity index (χ4v) is 3.66. The van der Waals surface area contributed by atoms with Crippen molar-refractivity contribution in [3.63, 3.8) is 0 Å². The minimum absolute atomic E-state index is 0.00276. The summed E-state index contributed by atoms with van der Waals surface area (Å²) >= 11 is 3.62. The zero-order valence-corrected chi connectivity index (χ0v) is 14.2. The molecule has 5 nitrogen and oxygen atoms in total. The van der Waals surface area contributed by atoms with Crippen LogP contribution < -0.4 is 4.90 Å². The lowest BCUT2D eigenvalue weighted by molar-refractivity contribution is -0.0117. The molecule has 2 saturated heterocycles. The molecule has 2 aliphatic heterocycles. The molecule has 2 aliphatic rings. The Kier molecular flexibility index (Phi) is 4.78. The van der Waals surface area contributed by atoms with E-state index in [0.29, 0.717) is 6.04 Å². The molecular formula is C15H22BrN3O2. The number of rotatable bonds is 3. The van der Waals surface area contributed by atoms with Gasteiger partial charge in [0.25, 0.3) is 0 Å². The molecule has 3 rings (SSSR count). The molecular weight excluding hydrogens is 334 g/mol. The fraction of sp³-hybridized carbons (Fsp3) is 0.667. The highest BCUT2D eigenvalue weighted by Gasteiger charge is 2.30. The van der Waals surface area contributed by atoms with Gasteiger partial charge in [-0.1, -0.05) is 0 Å². The molecule has 3 heterocycles. The molecule has 2 fully saturated rings. The van der Waals surface area contributed by atoms with Gasteiger partial charge in [-0.2, -0.15) is 0 Å². The molecule has 0 amide bonds. The third-order valence-electron chi connectivity index (χ3n) is 4.40. The van der Waals surface area contributed by atoms with Gasteiger partial charge >= 0.3 is 0 Å². The number of anilines is 1. The van der Waals surface area contributed by atoms with E-state index in [4.69, 9.17) is 9.47 Å². The van der Waals surface area contributed by atoms with Crippen molar-refractivity contribution in [2.75, 3.05) is 51.4 Å². The van der Waals surface area contributed by atoms with E-state index in [0.717, 1.165) is 49.6 Å². The molecule has 116 valence electrons. The van der Waals surface area contributed by atoms with E-state index >= 15 is 0 Å². The van der Waals surface area contributed by atoms with Crippen LogP contribution in [0.5, 0.6) is 0 Å². The summed E-state index contributed by atoms with van der Waals surface area (Å²) < 4.78 is 12.0. The third kappa shape index (κ3) is 3.23. The van der Waals surface area contributed by atoms with Gasteiger partial charge in [-0.25, -0.2) is 0 Å². The molecule has 0 N–H and O–H groups in total. The number of morpholine rings is 1. The van der Waals surface area contributed by atoms with Crippen LogP contribution in [0.2, 0.25) is 0 Å². The van der Waals surface area contributed by atoms with E-state index in [9.17, 15) is 0 Å². The van der Waals surface area contributed by atoms with Crippen molar-refractivity contribution >= 4 is 21.6 Å². The maximum Gasteiger partial charge on any atom is 0.0974 e. The van der Waals surface area contributed by atoms with Crippen molar-refractivity contribution in [2.24, 2.45) is 0 Å². The number of methoxy groups -OCH3 is 1. The molecule has 0 saturated carbocycles. The van der Waals surface area contributed by atoms with Gasteiger partial charge in [0.1, 0.15) is 0 Å². The summed E-state index contributed by atoms with van der Waals surface area (Å²) in [5, 5.41) is 0. The maximum absolute atomic E-state index is 5.60. The SMILES string of the molecule is COC(C)c1ncc(N2CCN3CCOC[C@@H]3C2)cc1Br. The number of hydrogen-bond acceptors (Lipinski definition) is 5. The number of hydrogen-bond donors (Lipinski definition) is 0. The van der Waals surface area contributed by atoms with Crippen LogP contribution in [0.25, 0.3) is 0 Å². The van der Waals surface area contributed by atoms with Crippen LogP contribution in [0.1, 0.15) is 18.7 Å². The second-order valence-electron chi connectivity index (χ2n) is 5.65. The number of piperazine rings is 1. The largest absolute Gasteiger partial charge is 0.378 e. The molecule has 0 spiro atoms. The molecule has 2 atom stereocenters. The topological polar surface area (TPSA) is 37.8 Å². The first-order valence-electron chi connectivity index (χ1n) is 7.44. The van der Waals surface area contributed by atoms with Crippen LogP contribution >= 0.6 is 15.9 Å². The van der Waals surface area contributed by atoms with Gasteiger partial charge < -0.3 is 14.4 Å². The van der Waals surface area contributed by atoms with Gasteiger partial charge in [0.05, 0.1) is 42.9 Å². The Balaban J connectivity index is 1.73. The van der Waals surface area contributed by atoms with Crippen LogP contribution in [0.3, 0.4) is 0 Å². The van der Waals surface area contributed by atoms with Crippen LogP contribution in [-0.4, -0.2) is 62.4 Å². The standard InChI is InChI=1S/C15H22BrN3O2/c1-11(20-2)15-14(16)7-12(8-17-15)19-4-3-18-5-6-21-10-13(18)9-19/h7-8,11,13H,3-6,9-10H2,1-2H3/t11?,13-/m0/s1. The lowest BCUT2D eigenvalue weighted by Crippen LogP contribution is -2.58. The molecule has 0 bridgehead atoms. The molecule has 1 aromatic rings. The smallest absolute Gasteiger partial charge is 0.0974 e. The van der Waals surface area contributed by atoms with E-state index < -0.39 is 0 Å². The van der Waals surface area contributed by atoms with Gasteiger partial charge in [-0.05, 0) is 28.9 Å². The summed E-state index contributed by atoms with van der Waals surface area (Å²) in [6.07, 6.45) is 1.95. The van der Waals surface area contributed by atoms with Crippen molar-refractivity contribution in [3.05, 3.63) is 22.4 Å². The van der Waals surface area contributed by atoms with E-state index in [1.165, 1.54) is 5.69 Å². The van der Waals surface area contributed by atoms with E-state index in [1.54, 1.807) is 7.11 Å². The van der Waals surface area contributed by atoms with E-state index in [-0.39, 0.29) is 6.10 Å². The monoisotopic (exact) mass is 355 g/mol. The summed E-state index contributed by atoms with van der Waals surface area (Å²) in [5.41, 5.74) is 2.11. The lowest BCUT2D eigenvalue weighted by Gasteiger charge is -2.44. The van der Waals surface area contributed by atoms with E-state index in [1.807, 2.05) is 13.1 Å². The molecule has 21 heavy (non-hydrogen) atoms. The average Bonchev–Trinajstić information content (AvgIpc) is 2.53. The molecule has 0 radical (unpaired) electrons. The second-order valence-corrected chi connectivity index (χ2v) is 6.50. The van der Waals surface area contributed by atoms with Crippen molar-refractivity contribution < 1.29 is 9.47 Å².